The van der Waals surface area contributed by atoms with E-state index in [9.17, 15) is 0 Å². The van der Waals surface area contributed by atoms with Crippen LogP contribution in [0.15, 0.2) is 11.6 Å². The largest absolute Gasteiger partial charge is 0.0856 e. The molecular formula is C12H22. The number of allylic oxidation sites excluding steroid dienone is 2. The summed E-state index contributed by atoms with van der Waals surface area (Å²) in [5, 5.41) is 0. The van der Waals surface area contributed by atoms with E-state index in [2.05, 4.69) is 26.8 Å². The van der Waals surface area contributed by atoms with Gasteiger partial charge in [0.05, 0.1) is 0 Å². The Balaban J connectivity index is 2.53. The van der Waals surface area contributed by atoms with Crippen molar-refractivity contribution in [3.63, 3.8) is 0 Å². The number of rotatable bonds is 2. The monoisotopic (exact) mass is 166 g/mol. The maximum absolute atomic E-state index is 2.41. The molecule has 0 saturated heterocycles. The summed E-state index contributed by atoms with van der Waals surface area (Å²) in [7, 11) is 0. The Morgan fingerprint density at radius 2 is 2.00 bits per heavy atom. The lowest BCUT2D eigenvalue weighted by Crippen LogP contribution is -2.17. The molecule has 1 saturated carbocycles. The average Bonchev–Trinajstić information content (AvgIpc) is 2.05. The van der Waals surface area contributed by atoms with Crippen LogP contribution in [0.2, 0.25) is 0 Å². The normalized spacial score (nSPS) is 32.1. The van der Waals surface area contributed by atoms with Gasteiger partial charge in [0.2, 0.25) is 0 Å². The molecule has 0 aromatic rings. The fraction of sp³-hybridized carbons (Fsp3) is 0.833. The molecule has 0 amide bonds. The van der Waals surface area contributed by atoms with Crippen molar-refractivity contribution in [1.29, 1.82) is 0 Å². The first-order chi connectivity index (χ1) is 5.75. The van der Waals surface area contributed by atoms with E-state index in [0.29, 0.717) is 0 Å². The van der Waals surface area contributed by atoms with Crippen LogP contribution >= 0.6 is 0 Å². The van der Waals surface area contributed by atoms with Crippen LogP contribution in [0.1, 0.15) is 52.9 Å². The Labute approximate surface area is 77.1 Å². The van der Waals surface area contributed by atoms with Crippen molar-refractivity contribution in [2.45, 2.75) is 52.9 Å². The summed E-state index contributed by atoms with van der Waals surface area (Å²) in [6, 6.07) is 0. The molecule has 2 atom stereocenters. The molecule has 1 rings (SSSR count). The Hall–Kier alpha value is -0.260. The third kappa shape index (κ3) is 2.36. The topological polar surface area (TPSA) is 0 Å². The smallest absolute Gasteiger partial charge is 0.0180 e. The molecule has 0 bridgehead atoms. The zero-order valence-corrected chi connectivity index (χ0v) is 8.77. The molecule has 1 aliphatic rings. The second-order valence-corrected chi connectivity index (χ2v) is 4.22. The molecule has 2 unspecified atom stereocenters. The van der Waals surface area contributed by atoms with Crippen molar-refractivity contribution in [3.05, 3.63) is 11.6 Å². The third-order valence-electron chi connectivity index (χ3n) is 3.22. The van der Waals surface area contributed by atoms with Crippen molar-refractivity contribution >= 4 is 0 Å². The molecule has 0 heteroatoms. The zero-order valence-electron chi connectivity index (χ0n) is 8.77. The summed E-state index contributed by atoms with van der Waals surface area (Å²) in [6.45, 7) is 6.96. The average molecular weight is 166 g/mol. The van der Waals surface area contributed by atoms with Gasteiger partial charge in [-0.3, -0.25) is 0 Å². The molecule has 12 heavy (non-hydrogen) atoms. The van der Waals surface area contributed by atoms with Crippen molar-refractivity contribution in [3.8, 4) is 0 Å². The molecule has 0 nitrogen and oxygen atoms in total. The second-order valence-electron chi connectivity index (χ2n) is 4.22. The van der Waals surface area contributed by atoms with Gasteiger partial charge in [-0.1, -0.05) is 44.8 Å². The van der Waals surface area contributed by atoms with Crippen LogP contribution in [0.4, 0.5) is 0 Å². The molecule has 0 aromatic carbocycles. The minimum atomic E-state index is 0.902. The highest BCUT2D eigenvalue weighted by molar-refractivity contribution is 5.05. The fourth-order valence-corrected chi connectivity index (χ4v) is 2.47. The Morgan fingerprint density at radius 1 is 1.33 bits per heavy atom. The molecule has 0 N–H and O–H groups in total. The quantitative estimate of drug-likeness (QED) is 0.540. The molecule has 0 spiro atoms. The van der Waals surface area contributed by atoms with E-state index in [4.69, 9.17) is 0 Å². The SMILES string of the molecule is CCC=C(C)C1CCCCC1C. The summed E-state index contributed by atoms with van der Waals surface area (Å²) in [5.41, 5.74) is 1.64. The lowest BCUT2D eigenvalue weighted by molar-refractivity contribution is 0.293. The van der Waals surface area contributed by atoms with Gasteiger partial charge >= 0.3 is 0 Å². The van der Waals surface area contributed by atoms with E-state index in [-0.39, 0.29) is 0 Å². The van der Waals surface area contributed by atoms with Gasteiger partial charge in [0.15, 0.2) is 0 Å². The van der Waals surface area contributed by atoms with Crippen LogP contribution in [-0.4, -0.2) is 0 Å². The van der Waals surface area contributed by atoms with Gasteiger partial charge in [-0.2, -0.15) is 0 Å². The Kier molecular flexibility index (Phi) is 3.84. The van der Waals surface area contributed by atoms with Gasteiger partial charge in [-0.15, -0.1) is 0 Å². The van der Waals surface area contributed by atoms with Gasteiger partial charge in [0.25, 0.3) is 0 Å². The standard InChI is InChI=1S/C12H22/c1-4-7-10(2)12-9-6-5-8-11(12)3/h7,11-12H,4-6,8-9H2,1-3H3. The summed E-state index contributed by atoms with van der Waals surface area (Å²) in [5.74, 6) is 1.83. The summed E-state index contributed by atoms with van der Waals surface area (Å²) in [4.78, 5) is 0. The maximum Gasteiger partial charge on any atom is -0.0180 e. The lowest BCUT2D eigenvalue weighted by Gasteiger charge is -2.29. The van der Waals surface area contributed by atoms with Crippen LogP contribution in [0.25, 0.3) is 0 Å². The van der Waals surface area contributed by atoms with E-state index in [1.54, 1.807) is 5.57 Å². The summed E-state index contributed by atoms with van der Waals surface area (Å²) in [6.07, 6.45) is 9.39. The maximum atomic E-state index is 2.41. The fourth-order valence-electron chi connectivity index (χ4n) is 2.47. The lowest BCUT2D eigenvalue weighted by atomic mass is 9.76. The van der Waals surface area contributed by atoms with E-state index in [1.165, 1.54) is 32.1 Å². The highest BCUT2D eigenvalue weighted by Gasteiger charge is 2.21. The highest BCUT2D eigenvalue weighted by Crippen LogP contribution is 2.34. The van der Waals surface area contributed by atoms with E-state index in [0.717, 1.165) is 11.8 Å². The van der Waals surface area contributed by atoms with Crippen LogP contribution < -0.4 is 0 Å². The first kappa shape index (κ1) is 9.83. The van der Waals surface area contributed by atoms with E-state index < -0.39 is 0 Å². The Morgan fingerprint density at radius 3 is 2.58 bits per heavy atom. The van der Waals surface area contributed by atoms with E-state index in [1.807, 2.05) is 0 Å². The number of hydrogen-bond donors (Lipinski definition) is 0. The summed E-state index contributed by atoms with van der Waals surface area (Å²) < 4.78 is 0. The molecule has 1 fully saturated rings. The first-order valence-electron chi connectivity index (χ1n) is 5.42. The van der Waals surface area contributed by atoms with Crippen LogP contribution in [0.5, 0.6) is 0 Å². The van der Waals surface area contributed by atoms with Gasteiger partial charge in [-0.05, 0) is 31.6 Å². The molecule has 0 aromatic heterocycles. The predicted octanol–water partition coefficient (Wildman–Crippen LogP) is 4.17. The van der Waals surface area contributed by atoms with Crippen molar-refractivity contribution in [1.82, 2.24) is 0 Å². The summed E-state index contributed by atoms with van der Waals surface area (Å²) >= 11 is 0. The molecule has 1 aliphatic carbocycles. The highest BCUT2D eigenvalue weighted by atomic mass is 14.3. The Bertz CT molecular complexity index is 155. The molecule has 70 valence electrons. The molecule has 0 heterocycles. The third-order valence-corrected chi connectivity index (χ3v) is 3.22. The zero-order chi connectivity index (χ0) is 8.97. The van der Waals surface area contributed by atoms with Gasteiger partial charge in [0.1, 0.15) is 0 Å². The van der Waals surface area contributed by atoms with Crippen LogP contribution in [0, 0.1) is 11.8 Å². The van der Waals surface area contributed by atoms with Crippen molar-refractivity contribution in [2.24, 2.45) is 11.8 Å². The van der Waals surface area contributed by atoms with Gasteiger partial charge in [-0.25, -0.2) is 0 Å². The minimum Gasteiger partial charge on any atom is -0.0856 e. The van der Waals surface area contributed by atoms with Crippen LogP contribution in [0.3, 0.4) is 0 Å². The number of hydrogen-bond acceptors (Lipinski definition) is 0. The first-order valence-corrected chi connectivity index (χ1v) is 5.42. The second kappa shape index (κ2) is 4.69. The molecular weight excluding hydrogens is 144 g/mol. The van der Waals surface area contributed by atoms with Crippen LogP contribution in [-0.2, 0) is 0 Å². The predicted molar refractivity (Wildman–Crippen MR) is 55.2 cm³/mol. The van der Waals surface area contributed by atoms with E-state index >= 15 is 0 Å². The van der Waals surface area contributed by atoms with Crippen molar-refractivity contribution < 1.29 is 0 Å². The van der Waals surface area contributed by atoms with Gasteiger partial charge in [0, 0.05) is 0 Å². The minimum absolute atomic E-state index is 0.902. The molecule has 0 aliphatic heterocycles. The van der Waals surface area contributed by atoms with Crippen molar-refractivity contribution in [2.75, 3.05) is 0 Å². The molecule has 0 radical (unpaired) electrons. The van der Waals surface area contributed by atoms with Gasteiger partial charge < -0.3 is 0 Å².